The summed E-state index contributed by atoms with van der Waals surface area (Å²) in [6.07, 6.45) is -0.436. The molecule has 2 atom stereocenters. The Morgan fingerprint density at radius 3 is 2.57 bits per heavy atom. The van der Waals surface area contributed by atoms with Crippen molar-refractivity contribution in [3.8, 4) is 0 Å². The smallest absolute Gasteiger partial charge is 0.407 e. The van der Waals surface area contributed by atoms with Gasteiger partial charge in [0.05, 0.1) is 0 Å². The van der Waals surface area contributed by atoms with Crippen LogP contribution in [0.2, 0.25) is 0 Å². The van der Waals surface area contributed by atoms with Crippen molar-refractivity contribution < 1.29 is 13.9 Å². The van der Waals surface area contributed by atoms with E-state index in [1.807, 2.05) is 40.7 Å². The summed E-state index contributed by atoms with van der Waals surface area (Å²) < 4.78 is 18.3. The maximum Gasteiger partial charge on any atom is 0.407 e. The molecule has 0 aliphatic rings. The molecule has 0 spiro atoms. The highest BCUT2D eigenvalue weighted by atomic mass is 19.1. The van der Waals surface area contributed by atoms with Crippen LogP contribution >= 0.6 is 0 Å². The lowest BCUT2D eigenvalue weighted by atomic mass is 10.1. The molecule has 1 amide bonds. The van der Waals surface area contributed by atoms with Gasteiger partial charge in [0.15, 0.2) is 0 Å². The van der Waals surface area contributed by atoms with Crippen molar-refractivity contribution in [2.24, 2.45) is 0 Å². The first-order valence-electron chi connectivity index (χ1n) is 7.16. The van der Waals surface area contributed by atoms with Crippen LogP contribution in [-0.4, -0.2) is 24.3 Å². The standard InChI is InChI=1S/C16H25FN2O2/c1-11(10-18-15(20)21-16(3,4)5)19-12(2)13-7-6-8-14(17)9-13/h6-9,11-12,19H,10H2,1-5H3,(H,18,20). The number of ether oxygens (including phenoxy) is 1. The van der Waals surface area contributed by atoms with Crippen LogP contribution in [0.1, 0.15) is 46.2 Å². The average molecular weight is 296 g/mol. The van der Waals surface area contributed by atoms with E-state index in [9.17, 15) is 9.18 Å². The van der Waals surface area contributed by atoms with Gasteiger partial charge in [0, 0.05) is 18.6 Å². The molecule has 118 valence electrons. The van der Waals surface area contributed by atoms with E-state index in [0.717, 1.165) is 5.56 Å². The molecular weight excluding hydrogens is 271 g/mol. The third-order valence-electron chi connectivity index (χ3n) is 2.83. The number of nitrogens with one attached hydrogen (secondary N) is 2. The highest BCUT2D eigenvalue weighted by Crippen LogP contribution is 2.14. The van der Waals surface area contributed by atoms with Crippen molar-refractivity contribution in [1.29, 1.82) is 0 Å². The SMILES string of the molecule is CC(CNC(=O)OC(C)(C)C)NC(C)c1cccc(F)c1. The molecule has 0 fully saturated rings. The predicted octanol–water partition coefficient (Wildman–Crippen LogP) is 3.39. The fourth-order valence-electron chi connectivity index (χ4n) is 1.91. The monoisotopic (exact) mass is 296 g/mol. The molecule has 5 heteroatoms. The number of benzene rings is 1. The second-order valence-electron chi connectivity index (χ2n) is 6.23. The van der Waals surface area contributed by atoms with Gasteiger partial charge < -0.3 is 15.4 Å². The zero-order valence-electron chi connectivity index (χ0n) is 13.4. The first kappa shape index (κ1) is 17.4. The van der Waals surface area contributed by atoms with Crippen molar-refractivity contribution in [3.63, 3.8) is 0 Å². The van der Waals surface area contributed by atoms with E-state index in [4.69, 9.17) is 4.74 Å². The molecule has 0 bridgehead atoms. The molecule has 0 heterocycles. The van der Waals surface area contributed by atoms with Crippen LogP contribution in [0.15, 0.2) is 24.3 Å². The maximum absolute atomic E-state index is 13.2. The number of carbonyl (C=O) groups excluding carboxylic acids is 1. The lowest BCUT2D eigenvalue weighted by molar-refractivity contribution is 0.0522. The molecule has 0 aromatic heterocycles. The molecule has 0 saturated carbocycles. The van der Waals surface area contributed by atoms with Crippen LogP contribution in [0.4, 0.5) is 9.18 Å². The third kappa shape index (κ3) is 7.09. The molecule has 2 N–H and O–H groups in total. The Morgan fingerprint density at radius 1 is 1.33 bits per heavy atom. The highest BCUT2D eigenvalue weighted by molar-refractivity contribution is 5.67. The van der Waals surface area contributed by atoms with Crippen molar-refractivity contribution in [1.82, 2.24) is 10.6 Å². The number of rotatable bonds is 5. The molecular formula is C16H25FN2O2. The predicted molar refractivity (Wildman–Crippen MR) is 81.6 cm³/mol. The second kappa shape index (κ2) is 7.41. The minimum Gasteiger partial charge on any atom is -0.444 e. The van der Waals surface area contributed by atoms with Gasteiger partial charge in [0.2, 0.25) is 0 Å². The van der Waals surface area contributed by atoms with Gasteiger partial charge in [0.25, 0.3) is 0 Å². The van der Waals surface area contributed by atoms with E-state index in [1.54, 1.807) is 6.07 Å². The van der Waals surface area contributed by atoms with Crippen LogP contribution in [-0.2, 0) is 4.74 Å². The average Bonchev–Trinajstić information content (AvgIpc) is 2.34. The minimum atomic E-state index is -0.504. The first-order valence-corrected chi connectivity index (χ1v) is 7.16. The molecule has 0 aliphatic heterocycles. The lowest BCUT2D eigenvalue weighted by Gasteiger charge is -2.23. The summed E-state index contributed by atoms with van der Waals surface area (Å²) >= 11 is 0. The van der Waals surface area contributed by atoms with Crippen LogP contribution < -0.4 is 10.6 Å². The molecule has 0 saturated heterocycles. The van der Waals surface area contributed by atoms with Crippen molar-refractivity contribution in [2.75, 3.05) is 6.54 Å². The summed E-state index contributed by atoms with van der Waals surface area (Å²) in [4.78, 5) is 11.6. The lowest BCUT2D eigenvalue weighted by Crippen LogP contribution is -2.41. The number of hydrogen-bond acceptors (Lipinski definition) is 3. The number of carbonyl (C=O) groups is 1. The third-order valence-corrected chi connectivity index (χ3v) is 2.83. The summed E-state index contributed by atoms with van der Waals surface area (Å²) in [7, 11) is 0. The van der Waals surface area contributed by atoms with Crippen LogP contribution in [0.25, 0.3) is 0 Å². The second-order valence-corrected chi connectivity index (χ2v) is 6.23. The van der Waals surface area contributed by atoms with Crippen molar-refractivity contribution >= 4 is 6.09 Å². The number of halogens is 1. The molecule has 0 aliphatic carbocycles. The van der Waals surface area contributed by atoms with Gasteiger partial charge in [-0.3, -0.25) is 0 Å². The summed E-state index contributed by atoms with van der Waals surface area (Å²) in [6.45, 7) is 9.81. The molecule has 1 aromatic carbocycles. The van der Waals surface area contributed by atoms with Crippen molar-refractivity contribution in [3.05, 3.63) is 35.6 Å². The van der Waals surface area contributed by atoms with Crippen LogP contribution in [0, 0.1) is 5.82 Å². The fourth-order valence-corrected chi connectivity index (χ4v) is 1.91. The van der Waals surface area contributed by atoms with Gasteiger partial charge in [-0.25, -0.2) is 9.18 Å². The van der Waals surface area contributed by atoms with E-state index >= 15 is 0 Å². The van der Waals surface area contributed by atoms with E-state index in [2.05, 4.69) is 10.6 Å². The largest absolute Gasteiger partial charge is 0.444 e. The molecule has 2 unspecified atom stereocenters. The molecule has 1 rings (SSSR count). The number of amides is 1. The van der Waals surface area contributed by atoms with Gasteiger partial charge >= 0.3 is 6.09 Å². The van der Waals surface area contributed by atoms with Crippen LogP contribution in [0.5, 0.6) is 0 Å². The van der Waals surface area contributed by atoms with Crippen LogP contribution in [0.3, 0.4) is 0 Å². The fraction of sp³-hybridized carbons (Fsp3) is 0.562. The van der Waals surface area contributed by atoms with Gasteiger partial charge in [0.1, 0.15) is 11.4 Å². The summed E-state index contributed by atoms with van der Waals surface area (Å²) in [5, 5.41) is 6.01. The van der Waals surface area contributed by atoms with Gasteiger partial charge in [-0.1, -0.05) is 12.1 Å². The van der Waals surface area contributed by atoms with E-state index in [1.165, 1.54) is 12.1 Å². The Kier molecular flexibility index (Phi) is 6.15. The number of hydrogen-bond donors (Lipinski definition) is 2. The molecule has 4 nitrogen and oxygen atoms in total. The van der Waals surface area contributed by atoms with Crippen molar-refractivity contribution in [2.45, 2.75) is 52.3 Å². The number of alkyl carbamates (subject to hydrolysis) is 1. The minimum absolute atomic E-state index is 0.00358. The zero-order chi connectivity index (χ0) is 16.0. The van der Waals surface area contributed by atoms with Gasteiger partial charge in [-0.05, 0) is 52.3 Å². The van der Waals surface area contributed by atoms with Gasteiger partial charge in [-0.15, -0.1) is 0 Å². The van der Waals surface area contributed by atoms with E-state index < -0.39 is 11.7 Å². The normalized spacial score (nSPS) is 14.4. The Hall–Kier alpha value is -1.62. The maximum atomic E-state index is 13.2. The topological polar surface area (TPSA) is 50.4 Å². The molecule has 1 aromatic rings. The summed E-state index contributed by atoms with van der Waals surface area (Å²) in [6, 6.07) is 6.52. The van der Waals surface area contributed by atoms with Gasteiger partial charge in [-0.2, -0.15) is 0 Å². The van der Waals surface area contributed by atoms with E-state index in [-0.39, 0.29) is 17.9 Å². The zero-order valence-corrected chi connectivity index (χ0v) is 13.4. The Bertz CT molecular complexity index is 472. The molecule has 21 heavy (non-hydrogen) atoms. The molecule has 0 radical (unpaired) electrons. The summed E-state index contributed by atoms with van der Waals surface area (Å²) in [5.41, 5.74) is 0.370. The van der Waals surface area contributed by atoms with E-state index in [0.29, 0.717) is 6.54 Å². The quantitative estimate of drug-likeness (QED) is 0.875. The Morgan fingerprint density at radius 2 is 2.00 bits per heavy atom. The Labute approximate surface area is 126 Å². The highest BCUT2D eigenvalue weighted by Gasteiger charge is 2.17. The summed E-state index contributed by atoms with van der Waals surface area (Å²) in [5.74, 6) is -0.249. The first-order chi connectivity index (χ1) is 9.67. The Balaban J connectivity index is 2.40.